The third-order valence-corrected chi connectivity index (χ3v) is 3.96. The lowest BCUT2D eigenvalue weighted by molar-refractivity contribution is -0.114. The van der Waals surface area contributed by atoms with Gasteiger partial charge in [-0.25, -0.2) is 0 Å². The first-order valence-corrected chi connectivity index (χ1v) is 8.84. The molecule has 126 valence electrons. The molecule has 0 heterocycles. The van der Waals surface area contributed by atoms with Crippen LogP contribution in [0.2, 0.25) is 0 Å². The Bertz CT molecular complexity index is 702. The number of amides is 2. The summed E-state index contributed by atoms with van der Waals surface area (Å²) >= 11 is 2.23. The van der Waals surface area contributed by atoms with Crippen LogP contribution in [0.5, 0.6) is 0 Å². The molecule has 0 atom stereocenters. The minimum Gasteiger partial charge on any atom is -0.376 e. The molecule has 0 bridgehead atoms. The first-order chi connectivity index (χ1) is 11.6. The molecule has 0 spiro atoms. The Morgan fingerprint density at radius 3 is 2.50 bits per heavy atom. The predicted molar refractivity (Wildman–Crippen MR) is 105 cm³/mol. The minimum absolute atomic E-state index is 0.134. The highest BCUT2D eigenvalue weighted by Crippen LogP contribution is 2.12. The van der Waals surface area contributed by atoms with Gasteiger partial charge in [-0.05, 0) is 71.5 Å². The average molecular weight is 437 g/mol. The smallest absolute Gasteiger partial charge is 0.251 e. The van der Waals surface area contributed by atoms with Crippen molar-refractivity contribution in [2.75, 3.05) is 23.7 Å². The SMILES string of the molecule is CCCNC(=O)c1cccc(NC(=O)CNc2ccc(I)cc2)c1. The molecule has 0 radical (unpaired) electrons. The van der Waals surface area contributed by atoms with Crippen molar-refractivity contribution in [1.82, 2.24) is 5.32 Å². The number of hydrogen-bond acceptors (Lipinski definition) is 3. The summed E-state index contributed by atoms with van der Waals surface area (Å²) in [6.45, 7) is 2.79. The fourth-order valence-electron chi connectivity index (χ4n) is 2.03. The van der Waals surface area contributed by atoms with Crippen LogP contribution in [0.4, 0.5) is 11.4 Å². The van der Waals surface area contributed by atoms with E-state index in [2.05, 4.69) is 38.5 Å². The van der Waals surface area contributed by atoms with Gasteiger partial charge in [0.25, 0.3) is 5.91 Å². The lowest BCUT2D eigenvalue weighted by Crippen LogP contribution is -2.24. The van der Waals surface area contributed by atoms with Gasteiger partial charge in [0.2, 0.25) is 5.91 Å². The number of carbonyl (C=O) groups excluding carboxylic acids is 2. The Morgan fingerprint density at radius 2 is 1.79 bits per heavy atom. The molecule has 0 aliphatic heterocycles. The summed E-state index contributed by atoms with van der Waals surface area (Å²) in [5.74, 6) is -0.301. The molecule has 2 rings (SSSR count). The maximum atomic E-state index is 12.0. The molecular weight excluding hydrogens is 417 g/mol. The van der Waals surface area contributed by atoms with Crippen molar-refractivity contribution in [3.8, 4) is 0 Å². The number of carbonyl (C=O) groups is 2. The highest BCUT2D eigenvalue weighted by molar-refractivity contribution is 14.1. The van der Waals surface area contributed by atoms with Crippen LogP contribution in [0.15, 0.2) is 48.5 Å². The summed E-state index contributed by atoms with van der Waals surface area (Å²) in [5.41, 5.74) is 2.03. The van der Waals surface area contributed by atoms with Crippen molar-refractivity contribution >= 4 is 45.8 Å². The van der Waals surface area contributed by atoms with Gasteiger partial charge in [0.05, 0.1) is 6.54 Å². The lowest BCUT2D eigenvalue weighted by Gasteiger charge is -2.09. The normalized spacial score (nSPS) is 10.1. The molecule has 0 aromatic heterocycles. The van der Waals surface area contributed by atoms with E-state index < -0.39 is 0 Å². The van der Waals surface area contributed by atoms with Crippen molar-refractivity contribution in [1.29, 1.82) is 0 Å². The zero-order chi connectivity index (χ0) is 17.4. The van der Waals surface area contributed by atoms with Gasteiger partial charge in [-0.3, -0.25) is 9.59 Å². The van der Waals surface area contributed by atoms with Crippen LogP contribution in [0.3, 0.4) is 0 Å². The van der Waals surface area contributed by atoms with Crippen LogP contribution in [-0.4, -0.2) is 24.9 Å². The molecule has 6 heteroatoms. The molecule has 0 aliphatic carbocycles. The fraction of sp³-hybridized carbons (Fsp3) is 0.222. The Labute approximate surface area is 155 Å². The van der Waals surface area contributed by atoms with Gasteiger partial charge in [0.1, 0.15) is 0 Å². The van der Waals surface area contributed by atoms with Gasteiger partial charge in [-0.2, -0.15) is 0 Å². The standard InChI is InChI=1S/C18H20IN3O2/c1-2-10-20-18(24)13-4-3-5-16(11-13)22-17(23)12-21-15-8-6-14(19)7-9-15/h3-9,11,21H,2,10,12H2,1H3,(H,20,24)(H,22,23). The molecule has 2 aromatic rings. The summed E-state index contributed by atoms with van der Waals surface area (Å²) in [6.07, 6.45) is 0.881. The van der Waals surface area contributed by atoms with E-state index in [0.29, 0.717) is 17.8 Å². The summed E-state index contributed by atoms with van der Waals surface area (Å²) in [6, 6.07) is 14.7. The second kappa shape index (κ2) is 9.27. The molecule has 3 N–H and O–H groups in total. The first-order valence-electron chi connectivity index (χ1n) is 7.76. The minimum atomic E-state index is -0.167. The zero-order valence-electron chi connectivity index (χ0n) is 13.4. The van der Waals surface area contributed by atoms with Gasteiger partial charge >= 0.3 is 0 Å². The predicted octanol–water partition coefficient (Wildman–Crippen LogP) is 3.48. The van der Waals surface area contributed by atoms with E-state index in [1.165, 1.54) is 0 Å². The molecule has 2 aromatic carbocycles. The Hall–Kier alpha value is -2.09. The van der Waals surface area contributed by atoms with Gasteiger partial charge in [0.15, 0.2) is 0 Å². The summed E-state index contributed by atoms with van der Waals surface area (Å²) in [7, 11) is 0. The maximum Gasteiger partial charge on any atom is 0.251 e. The maximum absolute atomic E-state index is 12.0. The first kappa shape index (κ1) is 18.3. The monoisotopic (exact) mass is 437 g/mol. The Kier molecular flexibility index (Phi) is 7.05. The molecule has 0 aliphatic rings. The third-order valence-electron chi connectivity index (χ3n) is 3.24. The van der Waals surface area contributed by atoms with E-state index in [1.54, 1.807) is 24.3 Å². The number of hydrogen-bond donors (Lipinski definition) is 3. The summed E-state index contributed by atoms with van der Waals surface area (Å²) in [4.78, 5) is 24.0. The van der Waals surface area contributed by atoms with Crippen molar-refractivity contribution in [3.63, 3.8) is 0 Å². The van der Waals surface area contributed by atoms with E-state index in [0.717, 1.165) is 15.7 Å². The Balaban J connectivity index is 1.89. The van der Waals surface area contributed by atoms with Crippen molar-refractivity contribution in [2.45, 2.75) is 13.3 Å². The molecule has 24 heavy (non-hydrogen) atoms. The molecule has 5 nitrogen and oxygen atoms in total. The van der Waals surface area contributed by atoms with Crippen LogP contribution in [0.1, 0.15) is 23.7 Å². The average Bonchev–Trinajstić information content (AvgIpc) is 2.59. The van der Waals surface area contributed by atoms with E-state index in [4.69, 9.17) is 0 Å². The number of halogens is 1. The molecule has 0 saturated heterocycles. The largest absolute Gasteiger partial charge is 0.376 e. The lowest BCUT2D eigenvalue weighted by atomic mass is 10.2. The second-order valence-corrected chi connectivity index (χ2v) is 6.49. The van der Waals surface area contributed by atoms with Gasteiger partial charge < -0.3 is 16.0 Å². The number of nitrogens with one attached hydrogen (secondary N) is 3. The highest BCUT2D eigenvalue weighted by Gasteiger charge is 2.07. The molecule has 2 amide bonds. The molecule has 0 unspecified atom stereocenters. The van der Waals surface area contributed by atoms with Crippen molar-refractivity contribution < 1.29 is 9.59 Å². The summed E-state index contributed by atoms with van der Waals surface area (Å²) < 4.78 is 1.14. The van der Waals surface area contributed by atoms with Crippen LogP contribution in [0.25, 0.3) is 0 Å². The molecular formula is C18H20IN3O2. The zero-order valence-corrected chi connectivity index (χ0v) is 15.6. The van der Waals surface area contributed by atoms with Gasteiger partial charge in [-0.1, -0.05) is 13.0 Å². The summed E-state index contributed by atoms with van der Waals surface area (Å²) in [5, 5.41) is 8.67. The number of benzene rings is 2. The molecule has 0 fully saturated rings. The second-order valence-electron chi connectivity index (χ2n) is 5.25. The van der Waals surface area contributed by atoms with Crippen LogP contribution in [-0.2, 0) is 4.79 Å². The van der Waals surface area contributed by atoms with Gasteiger partial charge in [-0.15, -0.1) is 0 Å². The van der Waals surface area contributed by atoms with Crippen LogP contribution < -0.4 is 16.0 Å². The highest BCUT2D eigenvalue weighted by atomic mass is 127. The van der Waals surface area contributed by atoms with E-state index >= 15 is 0 Å². The van der Waals surface area contributed by atoms with Crippen LogP contribution >= 0.6 is 22.6 Å². The Morgan fingerprint density at radius 1 is 1.04 bits per heavy atom. The number of rotatable bonds is 7. The van der Waals surface area contributed by atoms with Gasteiger partial charge in [0, 0.05) is 27.1 Å². The quantitative estimate of drug-likeness (QED) is 0.581. The van der Waals surface area contributed by atoms with E-state index in [1.807, 2.05) is 31.2 Å². The third kappa shape index (κ3) is 5.84. The van der Waals surface area contributed by atoms with Crippen molar-refractivity contribution in [3.05, 3.63) is 57.7 Å². The van der Waals surface area contributed by atoms with Crippen LogP contribution in [0, 0.1) is 3.57 Å². The number of anilines is 2. The van der Waals surface area contributed by atoms with E-state index in [-0.39, 0.29) is 18.4 Å². The van der Waals surface area contributed by atoms with Crippen molar-refractivity contribution in [2.24, 2.45) is 0 Å². The molecule has 0 saturated carbocycles. The van der Waals surface area contributed by atoms with E-state index in [9.17, 15) is 9.59 Å². The topological polar surface area (TPSA) is 70.2 Å². The fourth-order valence-corrected chi connectivity index (χ4v) is 2.39.